The molecule has 0 unspecified atom stereocenters. The number of aryl methyl sites for hydroxylation is 3. The van der Waals surface area contributed by atoms with Crippen LogP contribution in [0.4, 0.5) is 4.39 Å². The molecule has 0 fully saturated rings. The largest absolute Gasteiger partial charge is 0.331 e. The highest BCUT2D eigenvalue weighted by molar-refractivity contribution is 7.71. The van der Waals surface area contributed by atoms with E-state index in [1.54, 1.807) is 6.07 Å². The number of fused-ring (bicyclic) bond motifs is 1. The standard InChI is InChI=1S/C16H15FN2S/c1-11-6-7-15-14(10-11)18-16(20)19(15)9-8-12-4-2-3-5-13(12)17/h2-7,10H,8-9H2,1H3,(H,18,20). The fraction of sp³-hybridized carbons (Fsp3) is 0.188. The first-order valence-corrected chi connectivity index (χ1v) is 6.98. The fourth-order valence-electron chi connectivity index (χ4n) is 2.43. The molecular formula is C16H15FN2S. The Bertz CT molecular complexity index is 817. The van der Waals surface area contributed by atoms with E-state index in [4.69, 9.17) is 12.2 Å². The lowest BCUT2D eigenvalue weighted by Gasteiger charge is -2.06. The Morgan fingerprint density at radius 3 is 2.80 bits per heavy atom. The summed E-state index contributed by atoms with van der Waals surface area (Å²) < 4.78 is 16.3. The highest BCUT2D eigenvalue weighted by Crippen LogP contribution is 2.17. The number of aromatic amines is 1. The van der Waals surface area contributed by atoms with Gasteiger partial charge in [0.1, 0.15) is 5.82 Å². The molecule has 1 aromatic heterocycles. The smallest absolute Gasteiger partial charge is 0.178 e. The van der Waals surface area contributed by atoms with Crippen LogP contribution in [0.5, 0.6) is 0 Å². The van der Waals surface area contributed by atoms with Gasteiger partial charge in [0.2, 0.25) is 0 Å². The Balaban J connectivity index is 1.94. The molecule has 0 aliphatic heterocycles. The molecule has 0 aliphatic carbocycles. The number of nitrogens with one attached hydrogen (secondary N) is 1. The van der Waals surface area contributed by atoms with Gasteiger partial charge in [0.25, 0.3) is 0 Å². The molecule has 102 valence electrons. The first-order chi connectivity index (χ1) is 9.65. The van der Waals surface area contributed by atoms with Crippen molar-refractivity contribution in [3.63, 3.8) is 0 Å². The van der Waals surface area contributed by atoms with Gasteiger partial charge in [-0.05, 0) is 54.9 Å². The van der Waals surface area contributed by atoms with Gasteiger partial charge in [0, 0.05) is 6.54 Å². The second kappa shape index (κ2) is 5.21. The van der Waals surface area contributed by atoms with Crippen LogP contribution in [0.15, 0.2) is 42.5 Å². The molecule has 1 N–H and O–H groups in total. The maximum atomic E-state index is 13.6. The van der Waals surface area contributed by atoms with Gasteiger partial charge in [-0.25, -0.2) is 4.39 Å². The number of benzene rings is 2. The van der Waals surface area contributed by atoms with Crippen molar-refractivity contribution in [3.8, 4) is 0 Å². The number of hydrogen-bond donors (Lipinski definition) is 1. The van der Waals surface area contributed by atoms with Crippen LogP contribution in [-0.4, -0.2) is 9.55 Å². The summed E-state index contributed by atoms with van der Waals surface area (Å²) in [5, 5.41) is 0. The lowest BCUT2D eigenvalue weighted by molar-refractivity contribution is 0.595. The maximum absolute atomic E-state index is 13.6. The van der Waals surface area contributed by atoms with E-state index in [0.717, 1.165) is 16.6 Å². The first-order valence-electron chi connectivity index (χ1n) is 6.58. The van der Waals surface area contributed by atoms with Gasteiger partial charge < -0.3 is 9.55 Å². The fourth-order valence-corrected chi connectivity index (χ4v) is 2.73. The summed E-state index contributed by atoms with van der Waals surface area (Å²) >= 11 is 5.36. The minimum Gasteiger partial charge on any atom is -0.331 e. The molecule has 20 heavy (non-hydrogen) atoms. The third-order valence-electron chi connectivity index (χ3n) is 3.49. The van der Waals surface area contributed by atoms with Crippen molar-refractivity contribution in [2.24, 2.45) is 0 Å². The number of imidazole rings is 1. The maximum Gasteiger partial charge on any atom is 0.178 e. The lowest BCUT2D eigenvalue weighted by atomic mass is 10.1. The predicted molar refractivity (Wildman–Crippen MR) is 82.0 cm³/mol. The highest BCUT2D eigenvalue weighted by atomic mass is 32.1. The summed E-state index contributed by atoms with van der Waals surface area (Å²) in [6.07, 6.45) is 0.627. The molecule has 1 heterocycles. The van der Waals surface area contributed by atoms with Crippen LogP contribution in [0.3, 0.4) is 0 Å². The van der Waals surface area contributed by atoms with Crippen molar-refractivity contribution in [1.82, 2.24) is 9.55 Å². The molecule has 0 bridgehead atoms. The number of nitrogens with zero attached hydrogens (tertiary/aromatic N) is 1. The normalized spacial score (nSPS) is 11.1. The zero-order chi connectivity index (χ0) is 14.1. The number of H-pyrrole nitrogens is 1. The van der Waals surface area contributed by atoms with Crippen molar-refractivity contribution < 1.29 is 4.39 Å². The summed E-state index contributed by atoms with van der Waals surface area (Å²) in [4.78, 5) is 3.20. The molecule has 0 radical (unpaired) electrons. The highest BCUT2D eigenvalue weighted by Gasteiger charge is 2.06. The quantitative estimate of drug-likeness (QED) is 0.708. The van der Waals surface area contributed by atoms with Gasteiger partial charge in [0.15, 0.2) is 4.77 Å². The van der Waals surface area contributed by atoms with E-state index in [0.29, 0.717) is 17.7 Å². The molecular weight excluding hydrogens is 271 g/mol. The van der Waals surface area contributed by atoms with Crippen molar-refractivity contribution in [2.75, 3.05) is 0 Å². The van der Waals surface area contributed by atoms with Gasteiger partial charge in [-0.2, -0.15) is 0 Å². The molecule has 0 saturated carbocycles. The molecule has 0 amide bonds. The van der Waals surface area contributed by atoms with Gasteiger partial charge in [0.05, 0.1) is 11.0 Å². The Morgan fingerprint density at radius 2 is 2.00 bits per heavy atom. The van der Waals surface area contributed by atoms with Crippen LogP contribution in [0.2, 0.25) is 0 Å². The second-order valence-corrected chi connectivity index (χ2v) is 5.33. The zero-order valence-electron chi connectivity index (χ0n) is 11.2. The third-order valence-corrected chi connectivity index (χ3v) is 3.81. The molecule has 2 aromatic carbocycles. The molecule has 3 rings (SSSR count). The Kier molecular flexibility index (Phi) is 3.40. The second-order valence-electron chi connectivity index (χ2n) is 4.94. The van der Waals surface area contributed by atoms with Gasteiger partial charge in [-0.3, -0.25) is 0 Å². The van der Waals surface area contributed by atoms with Crippen LogP contribution in [0.1, 0.15) is 11.1 Å². The van der Waals surface area contributed by atoms with E-state index in [1.165, 1.54) is 11.6 Å². The molecule has 0 atom stereocenters. The Hall–Kier alpha value is -1.94. The van der Waals surface area contributed by atoms with E-state index in [1.807, 2.05) is 23.6 Å². The van der Waals surface area contributed by atoms with Crippen molar-refractivity contribution in [3.05, 3.63) is 64.2 Å². The van der Waals surface area contributed by atoms with Gasteiger partial charge >= 0.3 is 0 Å². The number of hydrogen-bond acceptors (Lipinski definition) is 1. The van der Waals surface area contributed by atoms with Crippen LogP contribution < -0.4 is 0 Å². The Labute approximate surface area is 121 Å². The van der Waals surface area contributed by atoms with E-state index >= 15 is 0 Å². The Morgan fingerprint density at radius 1 is 1.20 bits per heavy atom. The molecule has 0 spiro atoms. The average molecular weight is 286 g/mol. The molecule has 3 aromatic rings. The summed E-state index contributed by atoms with van der Waals surface area (Å²) in [5.74, 6) is -0.158. The topological polar surface area (TPSA) is 20.7 Å². The first kappa shape index (κ1) is 13.1. The van der Waals surface area contributed by atoms with E-state index in [2.05, 4.69) is 23.2 Å². The number of halogens is 1. The average Bonchev–Trinajstić information content (AvgIpc) is 2.73. The van der Waals surface area contributed by atoms with E-state index in [-0.39, 0.29) is 5.82 Å². The summed E-state index contributed by atoms with van der Waals surface area (Å²) in [6.45, 7) is 2.72. The number of aromatic nitrogens is 2. The molecule has 0 saturated heterocycles. The van der Waals surface area contributed by atoms with Crippen LogP contribution >= 0.6 is 12.2 Å². The predicted octanol–water partition coefficient (Wildman–Crippen LogP) is 4.39. The molecule has 4 heteroatoms. The molecule has 0 aliphatic rings. The lowest BCUT2D eigenvalue weighted by Crippen LogP contribution is -2.02. The summed E-state index contributed by atoms with van der Waals surface area (Å²) in [7, 11) is 0. The SMILES string of the molecule is Cc1ccc2c(c1)[nH]c(=S)n2CCc1ccccc1F. The van der Waals surface area contributed by atoms with Crippen LogP contribution in [0, 0.1) is 17.5 Å². The molecule has 2 nitrogen and oxygen atoms in total. The minimum atomic E-state index is -0.158. The summed E-state index contributed by atoms with van der Waals surface area (Å²) in [5.41, 5.74) is 4.01. The van der Waals surface area contributed by atoms with Crippen molar-refractivity contribution in [2.45, 2.75) is 19.9 Å². The number of rotatable bonds is 3. The zero-order valence-corrected chi connectivity index (χ0v) is 12.0. The summed E-state index contributed by atoms with van der Waals surface area (Å²) in [6, 6.07) is 13.1. The van der Waals surface area contributed by atoms with Crippen LogP contribution in [-0.2, 0) is 13.0 Å². The minimum absolute atomic E-state index is 0.158. The van der Waals surface area contributed by atoms with E-state index in [9.17, 15) is 4.39 Å². The monoisotopic (exact) mass is 286 g/mol. The van der Waals surface area contributed by atoms with Gasteiger partial charge in [-0.1, -0.05) is 24.3 Å². The van der Waals surface area contributed by atoms with Crippen LogP contribution in [0.25, 0.3) is 11.0 Å². The van der Waals surface area contributed by atoms with E-state index < -0.39 is 0 Å². The van der Waals surface area contributed by atoms with Crippen molar-refractivity contribution >= 4 is 23.3 Å². The third kappa shape index (κ3) is 2.39. The van der Waals surface area contributed by atoms with Crippen molar-refractivity contribution in [1.29, 1.82) is 0 Å². The van der Waals surface area contributed by atoms with Gasteiger partial charge in [-0.15, -0.1) is 0 Å².